The van der Waals surface area contributed by atoms with Gasteiger partial charge in [0.15, 0.2) is 5.96 Å². The van der Waals surface area contributed by atoms with Crippen molar-refractivity contribution < 1.29 is 9.53 Å². The highest BCUT2D eigenvalue weighted by Crippen LogP contribution is 2.11. The number of aliphatic imine (C=N–C) groups is 1. The van der Waals surface area contributed by atoms with Gasteiger partial charge in [-0.1, -0.05) is 24.3 Å². The van der Waals surface area contributed by atoms with Crippen molar-refractivity contribution in [2.24, 2.45) is 4.99 Å². The van der Waals surface area contributed by atoms with E-state index >= 15 is 0 Å². The molecule has 0 aliphatic rings. The zero-order valence-corrected chi connectivity index (χ0v) is 16.5. The maximum absolute atomic E-state index is 11.9. The molecule has 144 valence electrons. The third-order valence-electron chi connectivity index (χ3n) is 3.94. The van der Waals surface area contributed by atoms with Crippen LogP contribution in [-0.4, -0.2) is 51.1 Å². The SMILES string of the molecule is CN=C(NCCOc1cccc(C)c1)NCc1ccc(C(=O)N(C)C)cc1. The van der Waals surface area contributed by atoms with Gasteiger partial charge in [0.05, 0.1) is 6.54 Å². The van der Waals surface area contributed by atoms with Crippen molar-refractivity contribution in [2.75, 3.05) is 34.3 Å². The standard InChI is InChI=1S/C21H28N4O2/c1-16-6-5-7-19(14-16)27-13-12-23-21(22-2)24-15-17-8-10-18(11-9-17)20(26)25(3)4/h5-11,14H,12-13,15H2,1-4H3,(H2,22,23,24). The van der Waals surface area contributed by atoms with Crippen LogP contribution in [-0.2, 0) is 6.54 Å². The summed E-state index contributed by atoms with van der Waals surface area (Å²) in [5.74, 6) is 1.57. The summed E-state index contributed by atoms with van der Waals surface area (Å²) in [6, 6.07) is 15.5. The first-order chi connectivity index (χ1) is 13.0. The van der Waals surface area contributed by atoms with Gasteiger partial charge in [-0.3, -0.25) is 9.79 Å². The molecule has 6 heteroatoms. The summed E-state index contributed by atoms with van der Waals surface area (Å²) >= 11 is 0. The number of guanidine groups is 1. The minimum atomic E-state index is 0.000551. The first kappa shape index (κ1) is 20.3. The highest BCUT2D eigenvalue weighted by Gasteiger charge is 2.07. The molecule has 2 aromatic carbocycles. The molecule has 0 saturated heterocycles. The quantitative estimate of drug-likeness (QED) is 0.448. The van der Waals surface area contributed by atoms with Gasteiger partial charge in [0, 0.05) is 33.3 Å². The Morgan fingerprint density at radius 3 is 2.48 bits per heavy atom. The van der Waals surface area contributed by atoms with E-state index in [9.17, 15) is 4.79 Å². The van der Waals surface area contributed by atoms with Gasteiger partial charge in [0.2, 0.25) is 0 Å². The number of ether oxygens (including phenoxy) is 1. The van der Waals surface area contributed by atoms with Crippen molar-refractivity contribution in [1.82, 2.24) is 15.5 Å². The lowest BCUT2D eigenvalue weighted by Gasteiger charge is -2.13. The highest BCUT2D eigenvalue weighted by molar-refractivity contribution is 5.93. The number of carbonyl (C=O) groups excluding carboxylic acids is 1. The summed E-state index contributed by atoms with van der Waals surface area (Å²) in [5.41, 5.74) is 2.93. The second kappa shape index (κ2) is 10.2. The number of hydrogen-bond donors (Lipinski definition) is 2. The van der Waals surface area contributed by atoms with E-state index in [1.54, 1.807) is 26.0 Å². The summed E-state index contributed by atoms with van der Waals surface area (Å²) in [7, 11) is 5.22. The summed E-state index contributed by atoms with van der Waals surface area (Å²) in [6.45, 7) is 3.85. The fraction of sp³-hybridized carbons (Fsp3) is 0.333. The van der Waals surface area contributed by atoms with E-state index < -0.39 is 0 Å². The number of aryl methyl sites for hydroxylation is 1. The largest absolute Gasteiger partial charge is 0.492 e. The second-order valence-corrected chi connectivity index (χ2v) is 6.41. The van der Waals surface area contributed by atoms with Crippen LogP contribution < -0.4 is 15.4 Å². The summed E-state index contributed by atoms with van der Waals surface area (Å²) in [5, 5.41) is 6.48. The van der Waals surface area contributed by atoms with E-state index in [1.165, 1.54) is 5.56 Å². The molecular formula is C21H28N4O2. The molecule has 0 heterocycles. The van der Waals surface area contributed by atoms with Gasteiger partial charge in [-0.2, -0.15) is 0 Å². The number of rotatable bonds is 7. The average Bonchev–Trinajstić information content (AvgIpc) is 2.67. The maximum Gasteiger partial charge on any atom is 0.253 e. The number of benzene rings is 2. The van der Waals surface area contributed by atoms with Gasteiger partial charge >= 0.3 is 0 Å². The third kappa shape index (κ3) is 6.66. The summed E-state index contributed by atoms with van der Waals surface area (Å²) in [4.78, 5) is 17.7. The molecule has 6 nitrogen and oxygen atoms in total. The Morgan fingerprint density at radius 1 is 1.11 bits per heavy atom. The van der Waals surface area contributed by atoms with Gasteiger partial charge in [0.1, 0.15) is 12.4 Å². The molecule has 0 saturated carbocycles. The van der Waals surface area contributed by atoms with E-state index in [4.69, 9.17) is 4.74 Å². The Labute approximate surface area is 161 Å². The Kier molecular flexibility index (Phi) is 7.67. The predicted octanol–water partition coefficient (Wildman–Crippen LogP) is 2.44. The van der Waals surface area contributed by atoms with E-state index in [0.29, 0.717) is 31.2 Å². The molecule has 0 bridgehead atoms. The third-order valence-corrected chi connectivity index (χ3v) is 3.94. The fourth-order valence-corrected chi connectivity index (χ4v) is 2.47. The van der Waals surface area contributed by atoms with Crippen LogP contribution in [0.5, 0.6) is 5.75 Å². The lowest BCUT2D eigenvalue weighted by Crippen LogP contribution is -2.38. The van der Waals surface area contributed by atoms with Crippen LogP contribution in [0.3, 0.4) is 0 Å². The molecule has 0 atom stereocenters. The Hall–Kier alpha value is -3.02. The fourth-order valence-electron chi connectivity index (χ4n) is 2.47. The van der Waals surface area contributed by atoms with Crippen LogP contribution in [0.15, 0.2) is 53.5 Å². The molecule has 0 fully saturated rings. The predicted molar refractivity (Wildman–Crippen MR) is 109 cm³/mol. The number of hydrogen-bond acceptors (Lipinski definition) is 3. The van der Waals surface area contributed by atoms with E-state index in [0.717, 1.165) is 11.3 Å². The molecule has 0 spiro atoms. The van der Waals surface area contributed by atoms with Crippen LogP contribution in [0, 0.1) is 6.92 Å². The first-order valence-electron chi connectivity index (χ1n) is 8.94. The molecule has 1 amide bonds. The topological polar surface area (TPSA) is 66.0 Å². The maximum atomic E-state index is 11.9. The minimum Gasteiger partial charge on any atom is -0.492 e. The van der Waals surface area contributed by atoms with E-state index in [2.05, 4.69) is 15.6 Å². The summed E-state index contributed by atoms with van der Waals surface area (Å²) in [6.07, 6.45) is 0. The minimum absolute atomic E-state index is 0.000551. The number of amides is 1. The van der Waals surface area contributed by atoms with Gasteiger partial charge < -0.3 is 20.3 Å². The van der Waals surface area contributed by atoms with Crippen LogP contribution in [0.2, 0.25) is 0 Å². The van der Waals surface area contributed by atoms with Gasteiger partial charge in [-0.15, -0.1) is 0 Å². The second-order valence-electron chi connectivity index (χ2n) is 6.41. The van der Waals surface area contributed by atoms with Gasteiger partial charge in [-0.05, 0) is 42.3 Å². The van der Waals surface area contributed by atoms with E-state index in [1.807, 2.05) is 55.5 Å². The molecular weight excluding hydrogens is 340 g/mol. The van der Waals surface area contributed by atoms with Gasteiger partial charge in [-0.25, -0.2) is 0 Å². The monoisotopic (exact) mass is 368 g/mol. The normalized spacial score (nSPS) is 11.0. The van der Waals surface area contributed by atoms with Crippen molar-refractivity contribution in [3.05, 3.63) is 65.2 Å². The molecule has 0 aromatic heterocycles. The number of nitrogens with one attached hydrogen (secondary N) is 2. The van der Waals surface area contributed by atoms with Crippen LogP contribution in [0.25, 0.3) is 0 Å². The first-order valence-corrected chi connectivity index (χ1v) is 8.94. The van der Waals surface area contributed by atoms with Gasteiger partial charge in [0.25, 0.3) is 5.91 Å². The molecule has 0 aliphatic heterocycles. The molecule has 2 aromatic rings. The molecule has 0 unspecified atom stereocenters. The van der Waals surface area contributed by atoms with Crippen molar-refractivity contribution in [3.63, 3.8) is 0 Å². The van der Waals surface area contributed by atoms with E-state index in [-0.39, 0.29) is 5.91 Å². The average molecular weight is 368 g/mol. The molecule has 0 aliphatic carbocycles. The molecule has 27 heavy (non-hydrogen) atoms. The Balaban J connectivity index is 1.74. The highest BCUT2D eigenvalue weighted by atomic mass is 16.5. The lowest BCUT2D eigenvalue weighted by molar-refractivity contribution is 0.0827. The van der Waals surface area contributed by atoms with Crippen LogP contribution in [0.1, 0.15) is 21.5 Å². The zero-order chi connectivity index (χ0) is 19.6. The zero-order valence-electron chi connectivity index (χ0n) is 16.5. The Morgan fingerprint density at radius 2 is 1.85 bits per heavy atom. The lowest BCUT2D eigenvalue weighted by atomic mass is 10.1. The van der Waals surface area contributed by atoms with Crippen molar-refractivity contribution in [1.29, 1.82) is 0 Å². The van der Waals surface area contributed by atoms with Crippen molar-refractivity contribution >= 4 is 11.9 Å². The smallest absolute Gasteiger partial charge is 0.253 e. The number of carbonyl (C=O) groups is 1. The Bertz CT molecular complexity index is 770. The summed E-state index contributed by atoms with van der Waals surface area (Å²) < 4.78 is 5.72. The van der Waals surface area contributed by atoms with Crippen LogP contribution >= 0.6 is 0 Å². The van der Waals surface area contributed by atoms with Crippen LogP contribution in [0.4, 0.5) is 0 Å². The molecule has 0 radical (unpaired) electrons. The molecule has 2 N–H and O–H groups in total. The van der Waals surface area contributed by atoms with Crippen molar-refractivity contribution in [3.8, 4) is 5.75 Å². The van der Waals surface area contributed by atoms with Crippen molar-refractivity contribution in [2.45, 2.75) is 13.5 Å². The number of nitrogens with zero attached hydrogens (tertiary/aromatic N) is 2. The molecule has 2 rings (SSSR count).